The zero-order valence-corrected chi connectivity index (χ0v) is 10.4. The molecule has 100 valence electrons. The summed E-state index contributed by atoms with van der Waals surface area (Å²) >= 11 is 0. The summed E-state index contributed by atoms with van der Waals surface area (Å²) in [5, 5.41) is 8.73. The third-order valence-electron chi connectivity index (χ3n) is 2.39. The van der Waals surface area contributed by atoms with Crippen LogP contribution in [0.2, 0.25) is 0 Å². The first-order valence-electron chi connectivity index (χ1n) is 5.32. The number of hydrogen-bond acceptors (Lipinski definition) is 3. The van der Waals surface area contributed by atoms with E-state index >= 15 is 0 Å². The van der Waals surface area contributed by atoms with Crippen molar-refractivity contribution in [1.29, 1.82) is 5.26 Å². The van der Waals surface area contributed by atoms with E-state index in [2.05, 4.69) is 4.74 Å². The Morgan fingerprint density at radius 3 is 2.32 bits per heavy atom. The van der Waals surface area contributed by atoms with Gasteiger partial charge in [0, 0.05) is 0 Å². The molecule has 1 rings (SSSR count). The molecule has 1 aromatic carbocycles. The molecule has 1 amide bonds. The lowest BCUT2D eigenvalue weighted by Crippen LogP contribution is -2.12. The molecule has 0 radical (unpaired) electrons. The molecular weight excluding hydrogens is 254 g/mol. The number of nitrogens with two attached hydrogens (primary N) is 1. The molecule has 1 aromatic rings. The molecule has 19 heavy (non-hydrogen) atoms. The van der Waals surface area contributed by atoms with Crippen molar-refractivity contribution in [2.75, 3.05) is 0 Å². The van der Waals surface area contributed by atoms with E-state index in [0.717, 1.165) is 0 Å². The van der Waals surface area contributed by atoms with E-state index in [-0.39, 0.29) is 11.3 Å². The number of benzene rings is 1. The summed E-state index contributed by atoms with van der Waals surface area (Å²) in [4.78, 5) is 10.9. The number of alkyl halides is 2. The summed E-state index contributed by atoms with van der Waals surface area (Å²) in [5.74, 6) is -0.754. The molecule has 0 atom stereocenters. The lowest BCUT2D eigenvalue weighted by atomic mass is 10.0. The van der Waals surface area contributed by atoms with E-state index in [4.69, 9.17) is 11.0 Å². The minimum absolute atomic E-state index is 0.0877. The molecule has 0 aliphatic carbocycles. The highest BCUT2D eigenvalue weighted by atomic mass is 19.3. The highest BCUT2D eigenvalue weighted by Gasteiger charge is 2.12. The molecule has 0 aromatic heterocycles. The maximum atomic E-state index is 12.2. The SMILES string of the molecule is Cc1cc(/C=C(\C#N)C(N)=O)cc(C)c1OC(F)F. The van der Waals surface area contributed by atoms with Crippen molar-refractivity contribution in [1.82, 2.24) is 0 Å². The van der Waals surface area contributed by atoms with Crippen molar-refractivity contribution >= 4 is 12.0 Å². The summed E-state index contributed by atoms with van der Waals surface area (Å²) in [6.07, 6.45) is 1.30. The third-order valence-corrected chi connectivity index (χ3v) is 2.39. The Kier molecular flexibility index (Phi) is 4.59. The maximum absolute atomic E-state index is 12.2. The van der Waals surface area contributed by atoms with Crippen molar-refractivity contribution in [2.24, 2.45) is 5.73 Å². The monoisotopic (exact) mass is 266 g/mol. The van der Waals surface area contributed by atoms with E-state index in [1.807, 2.05) is 0 Å². The van der Waals surface area contributed by atoms with Crippen LogP contribution in [0.1, 0.15) is 16.7 Å². The molecule has 0 bridgehead atoms. The van der Waals surface area contributed by atoms with Gasteiger partial charge >= 0.3 is 6.61 Å². The smallest absolute Gasteiger partial charge is 0.387 e. The average Bonchev–Trinajstić information content (AvgIpc) is 2.30. The summed E-state index contributed by atoms with van der Waals surface area (Å²) in [5.41, 5.74) is 6.29. The van der Waals surface area contributed by atoms with Gasteiger partial charge in [-0.2, -0.15) is 14.0 Å². The number of ether oxygens (including phenoxy) is 1. The maximum Gasteiger partial charge on any atom is 0.387 e. The fourth-order valence-electron chi connectivity index (χ4n) is 1.67. The number of aryl methyl sites for hydroxylation is 2. The Balaban J connectivity index is 3.22. The largest absolute Gasteiger partial charge is 0.434 e. The topological polar surface area (TPSA) is 76.1 Å². The second-order valence-electron chi connectivity index (χ2n) is 3.90. The van der Waals surface area contributed by atoms with E-state index in [1.54, 1.807) is 19.9 Å². The highest BCUT2D eigenvalue weighted by Crippen LogP contribution is 2.27. The van der Waals surface area contributed by atoms with Crippen LogP contribution in [0.5, 0.6) is 5.75 Å². The fraction of sp³-hybridized carbons (Fsp3) is 0.231. The van der Waals surface area contributed by atoms with Gasteiger partial charge in [0.2, 0.25) is 0 Å². The van der Waals surface area contributed by atoms with Gasteiger partial charge < -0.3 is 10.5 Å². The molecule has 6 heteroatoms. The zero-order chi connectivity index (χ0) is 14.6. The number of amides is 1. The van der Waals surface area contributed by atoms with Crippen LogP contribution in [0.15, 0.2) is 17.7 Å². The van der Waals surface area contributed by atoms with E-state index < -0.39 is 12.5 Å². The van der Waals surface area contributed by atoms with Crippen LogP contribution in [0.25, 0.3) is 6.08 Å². The van der Waals surface area contributed by atoms with Gasteiger partial charge in [0.05, 0.1) is 0 Å². The molecule has 0 fully saturated rings. The molecule has 0 unspecified atom stereocenters. The predicted molar refractivity (Wildman–Crippen MR) is 65.3 cm³/mol. The van der Waals surface area contributed by atoms with Crippen LogP contribution in [0, 0.1) is 25.2 Å². The van der Waals surface area contributed by atoms with Crippen LogP contribution in [-0.2, 0) is 4.79 Å². The molecular formula is C13H12F2N2O2. The standard InChI is InChI=1S/C13H12F2N2O2/c1-7-3-9(5-10(6-16)12(17)18)4-8(2)11(7)19-13(14)15/h3-5,13H,1-2H3,(H2,17,18)/b10-5+. The average molecular weight is 266 g/mol. The second kappa shape index (κ2) is 5.96. The van der Waals surface area contributed by atoms with Gasteiger partial charge in [0.15, 0.2) is 0 Å². The van der Waals surface area contributed by atoms with Crippen LogP contribution < -0.4 is 10.5 Å². The molecule has 0 aliphatic heterocycles. The minimum atomic E-state index is -2.90. The fourth-order valence-corrected chi connectivity index (χ4v) is 1.67. The highest BCUT2D eigenvalue weighted by molar-refractivity contribution is 6.00. The summed E-state index contributed by atoms with van der Waals surface area (Å²) in [6, 6.07) is 4.74. The number of primary amides is 1. The Labute approximate surface area is 109 Å². The van der Waals surface area contributed by atoms with Crippen molar-refractivity contribution in [3.8, 4) is 11.8 Å². The lowest BCUT2D eigenvalue weighted by molar-refractivity contribution is -0.114. The zero-order valence-electron chi connectivity index (χ0n) is 10.4. The molecule has 4 nitrogen and oxygen atoms in total. The first-order valence-corrected chi connectivity index (χ1v) is 5.32. The van der Waals surface area contributed by atoms with Gasteiger partial charge in [-0.05, 0) is 48.7 Å². The van der Waals surface area contributed by atoms with Gasteiger partial charge in [0.25, 0.3) is 5.91 Å². The van der Waals surface area contributed by atoms with Gasteiger partial charge in [0.1, 0.15) is 17.4 Å². The Morgan fingerprint density at radius 1 is 1.42 bits per heavy atom. The number of halogens is 2. The van der Waals surface area contributed by atoms with E-state index in [1.165, 1.54) is 18.2 Å². The summed E-state index contributed by atoms with van der Waals surface area (Å²) < 4.78 is 28.8. The minimum Gasteiger partial charge on any atom is -0.434 e. The van der Waals surface area contributed by atoms with Crippen LogP contribution >= 0.6 is 0 Å². The number of hydrogen-bond donors (Lipinski definition) is 1. The first-order chi connectivity index (χ1) is 8.85. The molecule has 0 saturated carbocycles. The molecule has 0 aliphatic rings. The number of carbonyl (C=O) groups excluding carboxylic acids is 1. The Morgan fingerprint density at radius 2 is 1.95 bits per heavy atom. The van der Waals surface area contributed by atoms with Crippen LogP contribution in [-0.4, -0.2) is 12.5 Å². The third kappa shape index (κ3) is 3.78. The van der Waals surface area contributed by atoms with Crippen LogP contribution in [0.4, 0.5) is 8.78 Å². The number of carbonyl (C=O) groups is 1. The quantitative estimate of drug-likeness (QED) is 0.671. The summed E-state index contributed by atoms with van der Waals surface area (Å²) in [6.45, 7) is 0.288. The van der Waals surface area contributed by atoms with Crippen LogP contribution in [0.3, 0.4) is 0 Å². The number of rotatable bonds is 4. The molecule has 2 N–H and O–H groups in total. The molecule has 0 spiro atoms. The number of nitriles is 1. The summed E-state index contributed by atoms with van der Waals surface area (Å²) in [7, 11) is 0. The first kappa shape index (κ1) is 14.6. The normalized spacial score (nSPS) is 11.3. The Hall–Kier alpha value is -2.42. The van der Waals surface area contributed by atoms with Gasteiger partial charge in [-0.15, -0.1) is 0 Å². The van der Waals surface area contributed by atoms with E-state index in [0.29, 0.717) is 16.7 Å². The van der Waals surface area contributed by atoms with Crippen molar-refractivity contribution in [3.05, 3.63) is 34.4 Å². The predicted octanol–water partition coefficient (Wildman–Crippen LogP) is 2.30. The number of nitrogens with zero attached hydrogens (tertiary/aromatic N) is 1. The molecule has 0 saturated heterocycles. The van der Waals surface area contributed by atoms with Crippen molar-refractivity contribution < 1.29 is 18.3 Å². The van der Waals surface area contributed by atoms with Crippen molar-refractivity contribution in [2.45, 2.75) is 20.5 Å². The van der Waals surface area contributed by atoms with Gasteiger partial charge in [-0.3, -0.25) is 4.79 Å². The van der Waals surface area contributed by atoms with E-state index in [9.17, 15) is 13.6 Å². The lowest BCUT2D eigenvalue weighted by Gasteiger charge is -2.12. The van der Waals surface area contributed by atoms with Gasteiger partial charge in [-0.25, -0.2) is 0 Å². The second-order valence-corrected chi connectivity index (χ2v) is 3.90. The van der Waals surface area contributed by atoms with Gasteiger partial charge in [-0.1, -0.05) is 0 Å². The molecule has 0 heterocycles. The van der Waals surface area contributed by atoms with Crippen molar-refractivity contribution in [3.63, 3.8) is 0 Å². The Bertz CT molecular complexity index is 551.